The van der Waals surface area contributed by atoms with Gasteiger partial charge >= 0.3 is 0 Å². The average Bonchev–Trinajstić information content (AvgIpc) is 2.84. The van der Waals surface area contributed by atoms with Gasteiger partial charge in [0.1, 0.15) is 5.69 Å². The molecule has 1 aliphatic rings. The summed E-state index contributed by atoms with van der Waals surface area (Å²) in [5.74, 6) is -0.0949. The van der Waals surface area contributed by atoms with E-state index in [2.05, 4.69) is 10.3 Å². The summed E-state index contributed by atoms with van der Waals surface area (Å²) >= 11 is 0. The van der Waals surface area contributed by atoms with Crippen LogP contribution >= 0.6 is 0 Å². The van der Waals surface area contributed by atoms with E-state index < -0.39 is 0 Å². The largest absolute Gasteiger partial charge is 0.411 e. The molecule has 1 aliphatic heterocycles. The highest BCUT2D eigenvalue weighted by atomic mass is 16.4. The molecule has 0 aliphatic carbocycles. The van der Waals surface area contributed by atoms with Gasteiger partial charge in [0, 0.05) is 25.6 Å². The number of anilines is 1. The van der Waals surface area contributed by atoms with Gasteiger partial charge in [0.2, 0.25) is 0 Å². The summed E-state index contributed by atoms with van der Waals surface area (Å²) in [6.07, 6.45) is 0.524. The third-order valence-corrected chi connectivity index (χ3v) is 3.66. The first-order chi connectivity index (χ1) is 10.1. The molecule has 0 radical (unpaired) electrons. The third kappa shape index (κ3) is 2.18. The molecule has 108 valence electrons. The number of benzene rings is 1. The van der Waals surface area contributed by atoms with Crippen LogP contribution in [0.1, 0.15) is 28.2 Å². The molecule has 0 bridgehead atoms. The van der Waals surface area contributed by atoms with E-state index in [-0.39, 0.29) is 5.91 Å². The molecule has 0 atom stereocenters. The molecular formula is C15H16N4O2. The van der Waals surface area contributed by atoms with Crippen LogP contribution in [0, 0.1) is 6.92 Å². The molecule has 2 heterocycles. The number of aromatic nitrogens is 2. The molecule has 1 aromatic heterocycles. The smallest absolute Gasteiger partial charge is 0.276 e. The van der Waals surface area contributed by atoms with Crippen LogP contribution in [0.25, 0.3) is 0 Å². The van der Waals surface area contributed by atoms with Gasteiger partial charge in [-0.15, -0.1) is 0 Å². The Labute approximate surface area is 122 Å². The van der Waals surface area contributed by atoms with Crippen LogP contribution in [-0.4, -0.2) is 33.2 Å². The number of carbonyl (C=O) groups excluding carboxylic acids is 1. The molecule has 0 saturated heterocycles. The number of aryl methyl sites for hydroxylation is 2. The Morgan fingerprint density at radius 1 is 1.38 bits per heavy atom. The van der Waals surface area contributed by atoms with E-state index in [1.165, 1.54) is 0 Å². The quantitative estimate of drug-likeness (QED) is 0.642. The van der Waals surface area contributed by atoms with Crippen molar-refractivity contribution in [3.05, 3.63) is 47.3 Å². The second-order valence-corrected chi connectivity index (χ2v) is 5.07. The highest BCUT2D eigenvalue weighted by Crippen LogP contribution is 2.28. The van der Waals surface area contributed by atoms with Crippen LogP contribution in [0.4, 0.5) is 5.69 Å². The van der Waals surface area contributed by atoms with Crippen LogP contribution in [0.15, 0.2) is 35.5 Å². The van der Waals surface area contributed by atoms with E-state index in [0.717, 1.165) is 16.9 Å². The first-order valence-electron chi connectivity index (χ1n) is 6.74. The molecule has 6 nitrogen and oxygen atoms in total. The summed E-state index contributed by atoms with van der Waals surface area (Å²) in [6, 6.07) is 9.24. The lowest BCUT2D eigenvalue weighted by atomic mass is 9.99. The van der Waals surface area contributed by atoms with Crippen molar-refractivity contribution in [3.63, 3.8) is 0 Å². The average molecular weight is 284 g/mol. The van der Waals surface area contributed by atoms with Crippen molar-refractivity contribution in [2.45, 2.75) is 13.3 Å². The van der Waals surface area contributed by atoms with Crippen LogP contribution in [0.5, 0.6) is 0 Å². The Balaban J connectivity index is 2.04. The summed E-state index contributed by atoms with van der Waals surface area (Å²) < 4.78 is 1.59. The molecule has 0 saturated carbocycles. The monoisotopic (exact) mass is 284 g/mol. The molecule has 2 aromatic rings. The topological polar surface area (TPSA) is 70.7 Å². The number of carbonyl (C=O) groups is 1. The molecule has 0 spiro atoms. The summed E-state index contributed by atoms with van der Waals surface area (Å²) in [7, 11) is 1.76. The second kappa shape index (κ2) is 5.05. The van der Waals surface area contributed by atoms with Gasteiger partial charge in [-0.2, -0.15) is 5.10 Å². The Bertz CT molecular complexity index is 733. The maximum Gasteiger partial charge on any atom is 0.276 e. The van der Waals surface area contributed by atoms with Crippen molar-refractivity contribution in [3.8, 4) is 0 Å². The molecule has 1 amide bonds. The van der Waals surface area contributed by atoms with Crippen molar-refractivity contribution >= 4 is 17.3 Å². The third-order valence-electron chi connectivity index (χ3n) is 3.66. The molecule has 3 rings (SSSR count). The van der Waals surface area contributed by atoms with Crippen molar-refractivity contribution in [2.24, 2.45) is 12.2 Å². The second-order valence-electron chi connectivity index (χ2n) is 5.07. The van der Waals surface area contributed by atoms with E-state index in [4.69, 9.17) is 5.21 Å². The van der Waals surface area contributed by atoms with Crippen LogP contribution < -0.4 is 4.90 Å². The van der Waals surface area contributed by atoms with Gasteiger partial charge in [0.25, 0.3) is 5.91 Å². The number of para-hydroxylation sites is 1. The Kier molecular flexibility index (Phi) is 3.21. The number of rotatable bonds is 1. The highest BCUT2D eigenvalue weighted by Gasteiger charge is 2.28. The molecule has 6 heteroatoms. The zero-order valence-corrected chi connectivity index (χ0v) is 11.9. The molecular weight excluding hydrogens is 268 g/mol. The zero-order chi connectivity index (χ0) is 15.0. The van der Waals surface area contributed by atoms with E-state index in [1.54, 1.807) is 22.7 Å². The van der Waals surface area contributed by atoms with Crippen LogP contribution in [0.3, 0.4) is 0 Å². The number of fused-ring (bicyclic) bond motifs is 1. The fourth-order valence-electron chi connectivity index (χ4n) is 2.69. The first-order valence-corrected chi connectivity index (χ1v) is 6.74. The zero-order valence-electron chi connectivity index (χ0n) is 11.9. The number of nitrogens with zero attached hydrogens (tertiary/aromatic N) is 4. The lowest BCUT2D eigenvalue weighted by Crippen LogP contribution is -2.38. The predicted octanol–water partition coefficient (Wildman–Crippen LogP) is 1.96. The lowest BCUT2D eigenvalue weighted by Gasteiger charge is -2.29. The summed E-state index contributed by atoms with van der Waals surface area (Å²) in [5, 5.41) is 16.7. The number of hydrogen-bond acceptors (Lipinski definition) is 4. The van der Waals surface area contributed by atoms with E-state index in [9.17, 15) is 4.79 Å². The predicted molar refractivity (Wildman–Crippen MR) is 79.0 cm³/mol. The van der Waals surface area contributed by atoms with Crippen LogP contribution in [-0.2, 0) is 7.05 Å². The number of hydrogen-bond donors (Lipinski definition) is 1. The van der Waals surface area contributed by atoms with E-state index in [1.807, 2.05) is 31.2 Å². The Hall–Kier alpha value is -2.63. The minimum Gasteiger partial charge on any atom is -0.411 e. The van der Waals surface area contributed by atoms with E-state index >= 15 is 0 Å². The SMILES string of the molecule is Cc1cc(C(=O)N2CCC(=NO)c3ccccc32)n(C)n1. The number of oxime groups is 1. The minimum atomic E-state index is -0.0949. The molecule has 0 fully saturated rings. The maximum atomic E-state index is 12.8. The van der Waals surface area contributed by atoms with Crippen LogP contribution in [0.2, 0.25) is 0 Å². The Morgan fingerprint density at radius 2 is 2.14 bits per heavy atom. The summed E-state index contributed by atoms with van der Waals surface area (Å²) in [4.78, 5) is 14.5. The van der Waals surface area contributed by atoms with Gasteiger partial charge in [-0.25, -0.2) is 0 Å². The van der Waals surface area contributed by atoms with Crippen molar-refractivity contribution in [2.75, 3.05) is 11.4 Å². The molecule has 1 N–H and O–H groups in total. The minimum absolute atomic E-state index is 0.0949. The van der Waals surface area contributed by atoms with E-state index in [0.29, 0.717) is 24.4 Å². The van der Waals surface area contributed by atoms with Gasteiger partial charge in [-0.3, -0.25) is 9.48 Å². The normalized spacial score (nSPS) is 16.1. The molecule has 21 heavy (non-hydrogen) atoms. The highest BCUT2D eigenvalue weighted by molar-refractivity contribution is 6.14. The van der Waals surface area contributed by atoms with Crippen molar-refractivity contribution in [1.82, 2.24) is 9.78 Å². The lowest BCUT2D eigenvalue weighted by molar-refractivity contribution is 0.0978. The Morgan fingerprint density at radius 3 is 2.81 bits per heavy atom. The van der Waals surface area contributed by atoms with Gasteiger partial charge in [0.15, 0.2) is 0 Å². The van der Waals surface area contributed by atoms with Crippen molar-refractivity contribution in [1.29, 1.82) is 0 Å². The first kappa shape index (κ1) is 13.4. The van der Waals surface area contributed by atoms with Gasteiger partial charge in [-0.1, -0.05) is 23.4 Å². The fraction of sp³-hybridized carbons (Fsp3) is 0.267. The summed E-state index contributed by atoms with van der Waals surface area (Å²) in [5.41, 5.74) is 3.52. The molecule has 0 unspecified atom stereocenters. The molecule has 1 aromatic carbocycles. The maximum absolute atomic E-state index is 12.8. The van der Waals surface area contributed by atoms with Crippen molar-refractivity contribution < 1.29 is 10.0 Å². The summed E-state index contributed by atoms with van der Waals surface area (Å²) in [6.45, 7) is 2.34. The van der Waals surface area contributed by atoms with Gasteiger partial charge < -0.3 is 10.1 Å². The fourth-order valence-corrected chi connectivity index (χ4v) is 2.69. The standard InChI is InChI=1S/C15H16N4O2/c1-10-9-14(18(2)16-10)15(20)19-8-7-12(17-21)11-5-3-4-6-13(11)19/h3-6,9,21H,7-8H2,1-2H3. The van der Waals surface area contributed by atoms with Gasteiger partial charge in [0.05, 0.1) is 17.1 Å². The van der Waals surface area contributed by atoms with Gasteiger partial charge in [-0.05, 0) is 19.1 Å². The number of amides is 1.